The van der Waals surface area contributed by atoms with Crippen molar-refractivity contribution in [3.05, 3.63) is 0 Å². The molecule has 0 fully saturated rings. The van der Waals surface area contributed by atoms with E-state index in [4.69, 9.17) is 5.26 Å². The van der Waals surface area contributed by atoms with Gasteiger partial charge in [0, 0.05) is 0 Å². The molecular formula is C4H6FNO2S. The molecule has 0 saturated heterocycles. The zero-order chi connectivity index (χ0) is 7.71. The molecule has 0 N–H and O–H groups in total. The number of nitrogens with zero attached hydrogens (tertiary/aromatic N) is 1. The lowest BCUT2D eigenvalue weighted by molar-refractivity contribution is 0.527. The Morgan fingerprint density at radius 2 is 1.89 bits per heavy atom. The van der Waals surface area contributed by atoms with Crippen molar-refractivity contribution in [2.45, 2.75) is 18.6 Å². The summed E-state index contributed by atoms with van der Waals surface area (Å²) >= 11 is 0. The van der Waals surface area contributed by atoms with E-state index in [0.29, 0.717) is 0 Å². The molecule has 0 saturated carbocycles. The van der Waals surface area contributed by atoms with E-state index >= 15 is 0 Å². The number of hydrogen-bond donors (Lipinski definition) is 0. The van der Waals surface area contributed by atoms with Gasteiger partial charge in [-0.2, -0.15) is 13.7 Å². The molecule has 0 aromatic heterocycles. The quantitative estimate of drug-likeness (QED) is 0.515. The highest BCUT2D eigenvalue weighted by molar-refractivity contribution is 7.88. The van der Waals surface area contributed by atoms with Gasteiger partial charge >= 0.3 is 10.2 Å². The molecule has 0 radical (unpaired) electrons. The van der Waals surface area contributed by atoms with E-state index < -0.39 is 15.0 Å². The maximum Gasteiger partial charge on any atom is 0.321 e. The summed E-state index contributed by atoms with van der Waals surface area (Å²) in [6.45, 7) is 2.00. The highest BCUT2D eigenvalue weighted by Gasteiger charge is 2.34. The van der Waals surface area contributed by atoms with Crippen molar-refractivity contribution in [2.24, 2.45) is 0 Å². The van der Waals surface area contributed by atoms with Crippen LogP contribution in [-0.2, 0) is 10.2 Å². The lowest BCUT2D eigenvalue weighted by Crippen LogP contribution is -2.25. The predicted molar refractivity (Wildman–Crippen MR) is 29.7 cm³/mol. The molecule has 0 aromatic carbocycles. The van der Waals surface area contributed by atoms with Crippen molar-refractivity contribution < 1.29 is 12.3 Å². The van der Waals surface area contributed by atoms with Gasteiger partial charge in [-0.25, -0.2) is 0 Å². The van der Waals surface area contributed by atoms with Crippen molar-refractivity contribution in [3.63, 3.8) is 0 Å². The summed E-state index contributed by atoms with van der Waals surface area (Å²) in [6.07, 6.45) is 0. The van der Waals surface area contributed by atoms with Crippen LogP contribution in [0.2, 0.25) is 0 Å². The molecule has 0 spiro atoms. The van der Waals surface area contributed by atoms with Crippen molar-refractivity contribution in [1.82, 2.24) is 0 Å². The summed E-state index contributed by atoms with van der Waals surface area (Å²) in [6, 6.07) is 1.32. The van der Waals surface area contributed by atoms with E-state index in [1.165, 1.54) is 6.07 Å². The van der Waals surface area contributed by atoms with E-state index in [2.05, 4.69) is 0 Å². The Morgan fingerprint density at radius 3 is 1.89 bits per heavy atom. The van der Waals surface area contributed by atoms with E-state index in [1.807, 2.05) is 0 Å². The van der Waals surface area contributed by atoms with Gasteiger partial charge in [-0.3, -0.25) is 0 Å². The fourth-order valence-corrected chi connectivity index (χ4v) is 0.164. The second-order valence-electron chi connectivity index (χ2n) is 2.06. The Hall–Kier alpha value is -0.630. The monoisotopic (exact) mass is 151 g/mol. The average molecular weight is 151 g/mol. The van der Waals surface area contributed by atoms with Gasteiger partial charge in [-0.1, -0.05) is 0 Å². The molecule has 0 heterocycles. The van der Waals surface area contributed by atoms with Crippen molar-refractivity contribution >= 4 is 10.2 Å². The van der Waals surface area contributed by atoms with E-state index in [1.54, 1.807) is 0 Å². The molecule has 52 valence electrons. The molecule has 0 aliphatic heterocycles. The minimum absolute atomic E-state index is 1.00. The van der Waals surface area contributed by atoms with Crippen molar-refractivity contribution in [2.75, 3.05) is 0 Å². The topological polar surface area (TPSA) is 57.9 Å². The number of rotatable bonds is 1. The SMILES string of the molecule is CC(C)(C#N)S(=O)(=O)F. The van der Waals surface area contributed by atoms with Gasteiger partial charge in [0.1, 0.15) is 0 Å². The molecule has 0 unspecified atom stereocenters. The Kier molecular flexibility index (Phi) is 1.82. The molecule has 5 heteroatoms. The Balaban J connectivity index is 4.85. The molecule has 0 bridgehead atoms. The number of hydrogen-bond acceptors (Lipinski definition) is 3. The van der Waals surface area contributed by atoms with Crippen LogP contribution in [0.3, 0.4) is 0 Å². The summed E-state index contributed by atoms with van der Waals surface area (Å²) in [7, 11) is -4.71. The maximum absolute atomic E-state index is 11.9. The standard InChI is InChI=1S/C4H6FNO2S/c1-4(2,3-6)9(5,7)8/h1-2H3. The van der Waals surface area contributed by atoms with Crippen LogP contribution < -0.4 is 0 Å². The average Bonchev–Trinajstić information content (AvgIpc) is 1.64. The molecule has 0 atom stereocenters. The van der Waals surface area contributed by atoms with Gasteiger partial charge < -0.3 is 0 Å². The normalized spacial score (nSPS) is 12.7. The molecule has 0 rings (SSSR count). The summed E-state index contributed by atoms with van der Waals surface area (Å²) in [5, 5.41) is 8.06. The summed E-state index contributed by atoms with van der Waals surface area (Å²) in [5.74, 6) is 0. The first kappa shape index (κ1) is 8.37. The van der Waals surface area contributed by atoms with Crippen LogP contribution in [0.5, 0.6) is 0 Å². The summed E-state index contributed by atoms with van der Waals surface area (Å²) < 4.78 is 30.0. The fourth-order valence-electron chi connectivity index (χ4n) is 0.0545. The zero-order valence-electron chi connectivity index (χ0n) is 5.05. The van der Waals surface area contributed by atoms with Crippen LogP contribution in [0.25, 0.3) is 0 Å². The van der Waals surface area contributed by atoms with E-state index in [-0.39, 0.29) is 0 Å². The Morgan fingerprint density at radius 1 is 1.56 bits per heavy atom. The molecule has 0 amide bonds. The van der Waals surface area contributed by atoms with E-state index in [9.17, 15) is 12.3 Å². The first-order valence-corrected chi connectivity index (χ1v) is 3.55. The Labute approximate surface area is 53.3 Å². The molecule has 3 nitrogen and oxygen atoms in total. The first-order valence-electron chi connectivity index (χ1n) is 2.17. The second-order valence-corrected chi connectivity index (χ2v) is 3.96. The number of nitriles is 1. The van der Waals surface area contributed by atoms with Gasteiger partial charge in [0.2, 0.25) is 0 Å². The van der Waals surface area contributed by atoms with Gasteiger partial charge in [0.15, 0.2) is 4.75 Å². The van der Waals surface area contributed by atoms with Crippen molar-refractivity contribution in [1.29, 1.82) is 5.26 Å². The third kappa shape index (κ3) is 1.64. The van der Waals surface area contributed by atoms with Crippen LogP contribution in [0.15, 0.2) is 0 Å². The molecular weight excluding hydrogens is 145 g/mol. The zero-order valence-corrected chi connectivity index (χ0v) is 5.87. The third-order valence-electron chi connectivity index (χ3n) is 0.879. The van der Waals surface area contributed by atoms with Crippen molar-refractivity contribution in [3.8, 4) is 6.07 Å². The first-order chi connectivity index (χ1) is 3.81. The minimum Gasteiger partial charge on any atom is -0.196 e. The highest BCUT2D eigenvalue weighted by atomic mass is 32.3. The van der Waals surface area contributed by atoms with Gasteiger partial charge in [0.25, 0.3) is 0 Å². The largest absolute Gasteiger partial charge is 0.321 e. The van der Waals surface area contributed by atoms with Crippen LogP contribution in [0, 0.1) is 11.3 Å². The fraction of sp³-hybridized carbons (Fsp3) is 0.750. The summed E-state index contributed by atoms with van der Waals surface area (Å²) in [5.41, 5.74) is 0. The van der Waals surface area contributed by atoms with Crippen LogP contribution in [0.4, 0.5) is 3.89 Å². The van der Waals surface area contributed by atoms with Crippen LogP contribution in [0.1, 0.15) is 13.8 Å². The van der Waals surface area contributed by atoms with Gasteiger partial charge in [0.05, 0.1) is 6.07 Å². The summed E-state index contributed by atoms with van der Waals surface area (Å²) in [4.78, 5) is 0. The van der Waals surface area contributed by atoms with Gasteiger partial charge in [-0.05, 0) is 13.8 Å². The molecule has 0 aliphatic rings. The van der Waals surface area contributed by atoms with E-state index in [0.717, 1.165) is 13.8 Å². The smallest absolute Gasteiger partial charge is 0.196 e. The minimum atomic E-state index is -4.71. The second kappa shape index (κ2) is 1.95. The Bertz CT molecular complexity index is 236. The van der Waals surface area contributed by atoms with Gasteiger partial charge in [-0.15, -0.1) is 3.89 Å². The van der Waals surface area contributed by atoms with Crippen LogP contribution in [-0.4, -0.2) is 13.2 Å². The number of halogens is 1. The molecule has 9 heavy (non-hydrogen) atoms. The lowest BCUT2D eigenvalue weighted by Gasteiger charge is -2.06. The molecule has 0 aromatic rings. The highest BCUT2D eigenvalue weighted by Crippen LogP contribution is 2.15. The lowest BCUT2D eigenvalue weighted by atomic mass is 10.2. The predicted octanol–water partition coefficient (Wildman–Crippen LogP) is 0.588. The van der Waals surface area contributed by atoms with Crippen LogP contribution >= 0.6 is 0 Å². The maximum atomic E-state index is 11.9. The third-order valence-corrected chi connectivity index (χ3v) is 2.19. The molecule has 0 aliphatic carbocycles.